The monoisotopic (exact) mass is 514 g/mol. The van der Waals surface area contributed by atoms with Crippen LogP contribution in [0.15, 0.2) is 47.4 Å². The van der Waals surface area contributed by atoms with Crippen molar-refractivity contribution < 1.29 is 9.53 Å². The summed E-state index contributed by atoms with van der Waals surface area (Å²) in [6, 6.07) is 11.7. The molecule has 2 aliphatic rings. The summed E-state index contributed by atoms with van der Waals surface area (Å²) in [6.07, 6.45) is 9.58. The molecule has 0 unspecified atom stereocenters. The minimum Gasteiger partial charge on any atom is -0.481 e. The fourth-order valence-corrected chi connectivity index (χ4v) is 6.23. The fraction of sp³-hybridized carbons (Fsp3) is 0.448. The van der Waals surface area contributed by atoms with Crippen LogP contribution in [0.1, 0.15) is 60.3 Å². The minimum absolute atomic E-state index is 0.000934. The zero-order valence-corrected chi connectivity index (χ0v) is 22.0. The molecule has 9 heteroatoms. The Hall–Kier alpha value is -3.88. The number of fused-ring (bicyclic) bond motifs is 2. The second kappa shape index (κ2) is 10.1. The van der Waals surface area contributed by atoms with Gasteiger partial charge in [-0.25, -0.2) is 9.78 Å². The highest BCUT2D eigenvalue weighted by molar-refractivity contribution is 5.94. The number of hydrogen-bond acceptors (Lipinski definition) is 5. The molecule has 3 heterocycles. The van der Waals surface area contributed by atoms with Crippen LogP contribution in [0.4, 0.5) is 0 Å². The summed E-state index contributed by atoms with van der Waals surface area (Å²) in [7, 11) is 3.45. The van der Waals surface area contributed by atoms with Crippen molar-refractivity contribution in [1.82, 2.24) is 29.2 Å². The van der Waals surface area contributed by atoms with Crippen molar-refractivity contribution in [3.05, 3.63) is 70.0 Å². The van der Waals surface area contributed by atoms with Gasteiger partial charge in [-0.3, -0.25) is 18.6 Å². The summed E-state index contributed by atoms with van der Waals surface area (Å²) in [4.78, 5) is 31.1. The Morgan fingerprint density at radius 1 is 1.05 bits per heavy atom. The summed E-state index contributed by atoms with van der Waals surface area (Å²) in [5.41, 5.74) is 5.39. The van der Waals surface area contributed by atoms with Gasteiger partial charge in [0.15, 0.2) is 0 Å². The van der Waals surface area contributed by atoms with Crippen LogP contribution in [0.25, 0.3) is 16.7 Å². The summed E-state index contributed by atoms with van der Waals surface area (Å²) in [6.45, 7) is 0.659. The standard InChI is InChI=1S/C29H34N6O3/c1-33-27(22-7-3-4-8-23(22)32-33)28(36)31-20-13-11-19(12-14-20)18-34-24-9-5-6-10-25(24)35(29(34)37)21-15-16-26(38-2)30-17-21/h5-6,9-10,15-17,19-20H,3-4,7-8,11-14,18H2,1-2H3,(H,31,36). The molecule has 0 bridgehead atoms. The second-order valence-corrected chi connectivity index (χ2v) is 10.6. The number of nitrogens with one attached hydrogen (secondary N) is 1. The molecule has 3 aromatic heterocycles. The molecule has 0 atom stereocenters. The maximum Gasteiger partial charge on any atom is 0.333 e. The van der Waals surface area contributed by atoms with Gasteiger partial charge in [0.25, 0.3) is 5.91 Å². The fourth-order valence-electron chi connectivity index (χ4n) is 6.23. The third kappa shape index (κ3) is 4.40. The van der Waals surface area contributed by atoms with E-state index in [4.69, 9.17) is 4.74 Å². The van der Waals surface area contributed by atoms with Crippen LogP contribution in [-0.4, -0.2) is 43.0 Å². The number of para-hydroxylation sites is 2. The summed E-state index contributed by atoms with van der Waals surface area (Å²) in [5, 5.41) is 7.88. The zero-order valence-electron chi connectivity index (χ0n) is 22.0. The Morgan fingerprint density at radius 3 is 2.55 bits per heavy atom. The molecule has 1 N–H and O–H groups in total. The largest absolute Gasteiger partial charge is 0.481 e. The van der Waals surface area contributed by atoms with Crippen LogP contribution in [-0.2, 0) is 26.4 Å². The van der Waals surface area contributed by atoms with E-state index in [1.165, 1.54) is 0 Å². The first-order valence-electron chi connectivity index (χ1n) is 13.6. The number of benzene rings is 1. The number of aromatic nitrogens is 5. The van der Waals surface area contributed by atoms with Crippen LogP contribution in [0.3, 0.4) is 0 Å². The number of nitrogens with zero attached hydrogens (tertiary/aromatic N) is 5. The van der Waals surface area contributed by atoms with Gasteiger partial charge >= 0.3 is 5.69 Å². The van der Waals surface area contributed by atoms with Gasteiger partial charge in [0.2, 0.25) is 5.88 Å². The van der Waals surface area contributed by atoms with Gasteiger partial charge in [-0.2, -0.15) is 5.10 Å². The lowest BCUT2D eigenvalue weighted by Crippen LogP contribution is -2.39. The Kier molecular flexibility index (Phi) is 6.51. The van der Waals surface area contributed by atoms with Crippen molar-refractivity contribution in [3.8, 4) is 11.6 Å². The smallest absolute Gasteiger partial charge is 0.333 e. The van der Waals surface area contributed by atoms with Gasteiger partial charge in [0, 0.05) is 31.3 Å². The van der Waals surface area contributed by atoms with Crippen LogP contribution in [0.2, 0.25) is 0 Å². The third-order valence-corrected chi connectivity index (χ3v) is 8.18. The Morgan fingerprint density at radius 2 is 1.82 bits per heavy atom. The predicted molar refractivity (Wildman–Crippen MR) is 145 cm³/mol. The van der Waals surface area contributed by atoms with Crippen LogP contribution in [0.5, 0.6) is 5.88 Å². The molecule has 38 heavy (non-hydrogen) atoms. The number of rotatable bonds is 6. The van der Waals surface area contributed by atoms with E-state index in [0.29, 0.717) is 18.3 Å². The van der Waals surface area contributed by atoms with Gasteiger partial charge in [-0.1, -0.05) is 12.1 Å². The van der Waals surface area contributed by atoms with Crippen LogP contribution < -0.4 is 15.7 Å². The summed E-state index contributed by atoms with van der Waals surface area (Å²) < 4.78 is 10.6. The highest BCUT2D eigenvalue weighted by Gasteiger charge is 2.28. The first kappa shape index (κ1) is 24.5. The van der Waals surface area contributed by atoms with E-state index >= 15 is 0 Å². The topological polar surface area (TPSA) is 96.0 Å². The van der Waals surface area contributed by atoms with E-state index in [1.807, 2.05) is 41.9 Å². The van der Waals surface area contributed by atoms with Crippen molar-refractivity contribution >= 4 is 16.9 Å². The number of amides is 1. The molecule has 1 amide bonds. The predicted octanol–water partition coefficient (Wildman–Crippen LogP) is 3.80. The molecule has 0 saturated heterocycles. The van der Waals surface area contributed by atoms with Crippen molar-refractivity contribution in [2.45, 2.75) is 64.0 Å². The summed E-state index contributed by atoms with van der Waals surface area (Å²) >= 11 is 0. The maximum atomic E-state index is 13.6. The number of hydrogen-bond donors (Lipinski definition) is 1. The molecule has 1 fully saturated rings. The molecule has 0 aliphatic heterocycles. The van der Waals surface area contributed by atoms with Gasteiger partial charge in [0.1, 0.15) is 5.69 Å². The average molecular weight is 515 g/mol. The van der Waals surface area contributed by atoms with Crippen molar-refractivity contribution in [3.63, 3.8) is 0 Å². The molecule has 2 aliphatic carbocycles. The lowest BCUT2D eigenvalue weighted by atomic mass is 9.85. The minimum atomic E-state index is -0.0606. The zero-order chi connectivity index (χ0) is 26.2. The van der Waals surface area contributed by atoms with E-state index in [1.54, 1.807) is 28.6 Å². The molecule has 9 nitrogen and oxygen atoms in total. The van der Waals surface area contributed by atoms with Crippen molar-refractivity contribution in [2.75, 3.05) is 7.11 Å². The Labute approximate surface area is 221 Å². The first-order valence-corrected chi connectivity index (χ1v) is 13.6. The van der Waals surface area contributed by atoms with Gasteiger partial charge in [-0.15, -0.1) is 0 Å². The third-order valence-electron chi connectivity index (χ3n) is 8.18. The van der Waals surface area contributed by atoms with Crippen molar-refractivity contribution in [2.24, 2.45) is 13.0 Å². The molecule has 1 saturated carbocycles. The van der Waals surface area contributed by atoms with Gasteiger partial charge in [-0.05, 0) is 75.5 Å². The van der Waals surface area contributed by atoms with Crippen molar-refractivity contribution in [1.29, 1.82) is 0 Å². The molecule has 6 rings (SSSR count). The molecule has 1 aromatic carbocycles. The highest BCUT2D eigenvalue weighted by Crippen LogP contribution is 2.29. The molecular weight excluding hydrogens is 480 g/mol. The Bertz CT molecular complexity index is 1520. The Balaban J connectivity index is 1.16. The average Bonchev–Trinajstić information content (AvgIpc) is 3.42. The normalized spacial score (nSPS) is 19.3. The molecule has 0 spiro atoms. The van der Waals surface area contributed by atoms with Gasteiger partial charge in [0.05, 0.1) is 35.7 Å². The van der Waals surface area contributed by atoms with Crippen LogP contribution >= 0.6 is 0 Å². The number of ether oxygens (including phenoxy) is 1. The van der Waals surface area contributed by atoms with E-state index in [-0.39, 0.29) is 17.6 Å². The number of carbonyl (C=O) groups excluding carboxylic acids is 1. The first-order chi connectivity index (χ1) is 18.5. The summed E-state index contributed by atoms with van der Waals surface area (Å²) in [5.74, 6) is 0.884. The highest BCUT2D eigenvalue weighted by atomic mass is 16.5. The van der Waals surface area contributed by atoms with E-state index in [9.17, 15) is 9.59 Å². The number of carbonyl (C=O) groups is 1. The van der Waals surface area contributed by atoms with E-state index in [0.717, 1.165) is 85.0 Å². The number of aryl methyl sites for hydroxylation is 2. The van der Waals surface area contributed by atoms with Gasteiger partial charge < -0.3 is 10.1 Å². The molecule has 0 radical (unpaired) electrons. The lowest BCUT2D eigenvalue weighted by molar-refractivity contribution is 0.0910. The number of methoxy groups -OCH3 is 1. The molecular formula is C29H34N6O3. The van der Waals surface area contributed by atoms with E-state index < -0.39 is 0 Å². The maximum absolute atomic E-state index is 13.6. The molecule has 4 aromatic rings. The number of imidazole rings is 1. The molecule has 198 valence electrons. The SMILES string of the molecule is COc1ccc(-n2c(=O)n(CC3CCC(NC(=O)c4c5c(nn4C)CCCC5)CC3)c3ccccc32)cn1. The van der Waals surface area contributed by atoms with Crippen LogP contribution in [0, 0.1) is 5.92 Å². The van der Waals surface area contributed by atoms with E-state index in [2.05, 4.69) is 15.4 Å². The lowest BCUT2D eigenvalue weighted by Gasteiger charge is -2.29. The number of pyridine rings is 1. The quantitative estimate of drug-likeness (QED) is 0.422. The second-order valence-electron chi connectivity index (χ2n) is 10.6.